The molecule has 1 atom stereocenters. The summed E-state index contributed by atoms with van der Waals surface area (Å²) < 4.78 is 57.8. The zero-order chi connectivity index (χ0) is 23.3. The first-order chi connectivity index (χ1) is 15.2. The highest BCUT2D eigenvalue weighted by Gasteiger charge is 2.29. The Balaban J connectivity index is 1.72. The van der Waals surface area contributed by atoms with Crippen LogP contribution in [0.1, 0.15) is 18.1 Å². The molecule has 3 rings (SSSR count). The fourth-order valence-corrected chi connectivity index (χ4v) is 4.81. The first-order valence-corrected chi connectivity index (χ1v) is 12.1. The number of hydrogen-bond acceptors (Lipinski definition) is 5. The molecule has 1 aliphatic rings. The molecule has 1 N–H and O–H groups in total. The van der Waals surface area contributed by atoms with Crippen molar-refractivity contribution < 1.29 is 26.7 Å². The molecule has 2 aromatic carbocycles. The second-order valence-electron chi connectivity index (χ2n) is 7.71. The maximum Gasteiger partial charge on any atom is 0.243 e. The number of nitrogens with zero attached hydrogens (tertiary/aromatic N) is 2. The van der Waals surface area contributed by atoms with E-state index in [4.69, 9.17) is 4.74 Å². The summed E-state index contributed by atoms with van der Waals surface area (Å²) in [5.41, 5.74) is 1.85. The molecule has 1 fully saturated rings. The fourth-order valence-electron chi connectivity index (χ4n) is 3.65. The molecule has 0 aliphatic carbocycles. The lowest BCUT2D eigenvalue weighted by atomic mass is 10.1. The standard InChI is InChI=1S/C22H27F2N3O4S/c1-16(27(32(2,29)30)19-7-8-20(23)21(24)13-19)22(28)25-14-17-5-3-4-6-18(17)15-26-9-11-31-12-10-26/h3-8,13,16H,9-12,14-15H2,1-2H3,(H,25,28). The highest BCUT2D eigenvalue weighted by Crippen LogP contribution is 2.23. The van der Waals surface area contributed by atoms with E-state index in [-0.39, 0.29) is 12.2 Å². The molecule has 32 heavy (non-hydrogen) atoms. The van der Waals surface area contributed by atoms with Crippen LogP contribution in [0.4, 0.5) is 14.5 Å². The Morgan fingerprint density at radius 2 is 1.78 bits per heavy atom. The molecule has 0 bridgehead atoms. The summed E-state index contributed by atoms with van der Waals surface area (Å²) in [6, 6.07) is 9.25. The van der Waals surface area contributed by atoms with Gasteiger partial charge in [-0.1, -0.05) is 24.3 Å². The van der Waals surface area contributed by atoms with Crippen molar-refractivity contribution in [2.45, 2.75) is 26.1 Å². The molecule has 1 heterocycles. The second-order valence-corrected chi connectivity index (χ2v) is 9.57. The Morgan fingerprint density at radius 1 is 1.12 bits per heavy atom. The zero-order valence-electron chi connectivity index (χ0n) is 18.1. The van der Waals surface area contributed by atoms with Gasteiger partial charge in [-0.15, -0.1) is 0 Å². The summed E-state index contributed by atoms with van der Waals surface area (Å²) in [6.07, 6.45) is 0.912. The van der Waals surface area contributed by atoms with E-state index in [1.54, 1.807) is 0 Å². The summed E-state index contributed by atoms with van der Waals surface area (Å²) in [5.74, 6) is -2.85. The van der Waals surface area contributed by atoms with Crippen molar-refractivity contribution in [2.24, 2.45) is 0 Å². The van der Waals surface area contributed by atoms with E-state index in [2.05, 4.69) is 10.2 Å². The zero-order valence-corrected chi connectivity index (χ0v) is 18.9. The number of benzene rings is 2. The molecule has 1 aliphatic heterocycles. The monoisotopic (exact) mass is 467 g/mol. The summed E-state index contributed by atoms with van der Waals surface area (Å²) in [5, 5.41) is 2.77. The van der Waals surface area contributed by atoms with Crippen LogP contribution in [-0.2, 0) is 32.6 Å². The third kappa shape index (κ3) is 6.02. The normalized spacial score (nSPS) is 15.9. The fraction of sp³-hybridized carbons (Fsp3) is 0.409. The minimum Gasteiger partial charge on any atom is -0.379 e. The molecule has 10 heteroatoms. The Morgan fingerprint density at radius 3 is 2.41 bits per heavy atom. The van der Waals surface area contributed by atoms with Crippen LogP contribution in [0.3, 0.4) is 0 Å². The van der Waals surface area contributed by atoms with Crippen molar-refractivity contribution in [2.75, 3.05) is 36.9 Å². The number of hydrogen-bond donors (Lipinski definition) is 1. The van der Waals surface area contributed by atoms with Gasteiger partial charge in [-0.25, -0.2) is 17.2 Å². The molecule has 1 saturated heterocycles. The first-order valence-electron chi connectivity index (χ1n) is 10.3. The van der Waals surface area contributed by atoms with Gasteiger partial charge in [0, 0.05) is 32.2 Å². The van der Waals surface area contributed by atoms with Gasteiger partial charge >= 0.3 is 0 Å². The summed E-state index contributed by atoms with van der Waals surface area (Å²) in [6.45, 7) is 5.35. The largest absolute Gasteiger partial charge is 0.379 e. The van der Waals surface area contributed by atoms with Gasteiger partial charge in [-0.2, -0.15) is 0 Å². The topological polar surface area (TPSA) is 79.0 Å². The van der Waals surface area contributed by atoms with Crippen molar-refractivity contribution in [3.8, 4) is 0 Å². The quantitative estimate of drug-likeness (QED) is 0.645. The van der Waals surface area contributed by atoms with Crippen LogP contribution in [0.2, 0.25) is 0 Å². The van der Waals surface area contributed by atoms with E-state index in [1.807, 2.05) is 24.3 Å². The maximum atomic E-state index is 13.7. The highest BCUT2D eigenvalue weighted by molar-refractivity contribution is 7.92. The van der Waals surface area contributed by atoms with Gasteiger partial charge in [0.15, 0.2) is 11.6 Å². The van der Waals surface area contributed by atoms with Crippen LogP contribution >= 0.6 is 0 Å². The van der Waals surface area contributed by atoms with Crippen molar-refractivity contribution in [3.05, 3.63) is 65.2 Å². The van der Waals surface area contributed by atoms with Crippen LogP contribution in [0.15, 0.2) is 42.5 Å². The molecule has 7 nitrogen and oxygen atoms in total. The number of amides is 1. The lowest BCUT2D eigenvalue weighted by Crippen LogP contribution is -2.47. The van der Waals surface area contributed by atoms with E-state index in [1.165, 1.54) is 6.92 Å². The molecule has 1 amide bonds. The van der Waals surface area contributed by atoms with Gasteiger partial charge in [0.05, 0.1) is 25.2 Å². The van der Waals surface area contributed by atoms with Crippen LogP contribution in [-0.4, -0.2) is 57.8 Å². The number of carbonyl (C=O) groups is 1. The SMILES string of the molecule is CC(C(=O)NCc1ccccc1CN1CCOCC1)N(c1ccc(F)c(F)c1)S(C)(=O)=O. The molecular formula is C22H27F2N3O4S. The lowest BCUT2D eigenvalue weighted by Gasteiger charge is -2.29. The summed E-state index contributed by atoms with van der Waals surface area (Å²) in [7, 11) is -3.94. The molecule has 0 aromatic heterocycles. The van der Waals surface area contributed by atoms with Gasteiger partial charge < -0.3 is 10.1 Å². The van der Waals surface area contributed by atoms with E-state index < -0.39 is 33.6 Å². The van der Waals surface area contributed by atoms with Crippen LogP contribution in [0.25, 0.3) is 0 Å². The van der Waals surface area contributed by atoms with Crippen LogP contribution in [0, 0.1) is 11.6 Å². The number of halogens is 2. The Kier molecular flexibility index (Phi) is 7.81. The van der Waals surface area contributed by atoms with Crippen LogP contribution in [0.5, 0.6) is 0 Å². The Bertz CT molecular complexity index is 1060. The number of rotatable bonds is 8. The average molecular weight is 468 g/mol. The number of ether oxygens (including phenoxy) is 1. The van der Waals surface area contributed by atoms with Crippen LogP contribution < -0.4 is 9.62 Å². The van der Waals surface area contributed by atoms with Crippen molar-refractivity contribution >= 4 is 21.6 Å². The Hall–Kier alpha value is -2.56. The van der Waals surface area contributed by atoms with E-state index in [0.29, 0.717) is 13.2 Å². The van der Waals surface area contributed by atoms with E-state index in [9.17, 15) is 22.0 Å². The first kappa shape index (κ1) is 24.1. The molecule has 1 unspecified atom stereocenters. The minimum atomic E-state index is -3.94. The second kappa shape index (κ2) is 10.4. The number of morpholine rings is 1. The van der Waals surface area contributed by atoms with Crippen molar-refractivity contribution in [1.82, 2.24) is 10.2 Å². The Labute approximate surface area is 187 Å². The highest BCUT2D eigenvalue weighted by atomic mass is 32.2. The minimum absolute atomic E-state index is 0.123. The van der Waals surface area contributed by atoms with Crippen molar-refractivity contribution in [3.63, 3.8) is 0 Å². The van der Waals surface area contributed by atoms with Gasteiger partial charge in [-0.05, 0) is 30.2 Å². The third-order valence-electron chi connectivity index (χ3n) is 5.32. The average Bonchev–Trinajstić information content (AvgIpc) is 2.75. The smallest absolute Gasteiger partial charge is 0.243 e. The van der Waals surface area contributed by atoms with Crippen molar-refractivity contribution in [1.29, 1.82) is 0 Å². The molecular weight excluding hydrogens is 440 g/mol. The maximum absolute atomic E-state index is 13.7. The summed E-state index contributed by atoms with van der Waals surface area (Å²) in [4.78, 5) is 15.1. The molecule has 0 saturated carbocycles. The number of carbonyl (C=O) groups excluding carboxylic acids is 1. The molecule has 2 aromatic rings. The predicted molar refractivity (Wildman–Crippen MR) is 118 cm³/mol. The lowest BCUT2D eigenvalue weighted by molar-refractivity contribution is -0.122. The van der Waals surface area contributed by atoms with Gasteiger partial charge in [0.25, 0.3) is 0 Å². The molecule has 174 valence electrons. The predicted octanol–water partition coefficient (Wildman–Crippen LogP) is 2.27. The molecule has 0 radical (unpaired) electrons. The van der Waals surface area contributed by atoms with Gasteiger partial charge in [0.2, 0.25) is 15.9 Å². The van der Waals surface area contributed by atoms with Gasteiger partial charge in [0.1, 0.15) is 6.04 Å². The van der Waals surface area contributed by atoms with E-state index in [0.717, 1.165) is 59.5 Å². The molecule has 0 spiro atoms. The number of sulfonamides is 1. The van der Waals surface area contributed by atoms with E-state index >= 15 is 0 Å². The summed E-state index contributed by atoms with van der Waals surface area (Å²) >= 11 is 0. The van der Waals surface area contributed by atoms with Gasteiger partial charge in [-0.3, -0.25) is 14.0 Å². The number of nitrogens with one attached hydrogen (secondary N) is 1. The third-order valence-corrected chi connectivity index (χ3v) is 6.56. The number of anilines is 1.